The zero-order chi connectivity index (χ0) is 22.0. The lowest BCUT2D eigenvalue weighted by Gasteiger charge is -2.37. The summed E-state index contributed by atoms with van der Waals surface area (Å²) < 4.78 is 0. The molecule has 1 atom stereocenters. The molecule has 2 aromatic carbocycles. The van der Waals surface area contributed by atoms with Crippen LogP contribution < -0.4 is 15.1 Å². The van der Waals surface area contributed by atoms with Gasteiger partial charge in [0.25, 0.3) is 0 Å². The first-order valence-corrected chi connectivity index (χ1v) is 11.2. The van der Waals surface area contributed by atoms with Gasteiger partial charge >= 0.3 is 0 Å². The fourth-order valence-electron chi connectivity index (χ4n) is 4.58. The maximum Gasteiger partial charge on any atom is 0.243 e. The van der Waals surface area contributed by atoms with Gasteiger partial charge in [0.15, 0.2) is 0 Å². The largest absolute Gasteiger partial charge is 0.369 e. The summed E-state index contributed by atoms with van der Waals surface area (Å²) in [5, 5.41) is 3.81. The molecule has 0 spiro atoms. The van der Waals surface area contributed by atoms with E-state index >= 15 is 0 Å². The highest BCUT2D eigenvalue weighted by Gasteiger charge is 2.36. The fourth-order valence-corrected chi connectivity index (χ4v) is 4.74. The normalized spacial score (nSPS) is 18.7. The van der Waals surface area contributed by atoms with Gasteiger partial charge in [0, 0.05) is 69.0 Å². The molecule has 2 amide bonds. The second-order valence-electron chi connectivity index (χ2n) is 8.29. The molecule has 0 bridgehead atoms. The van der Waals surface area contributed by atoms with Crippen LogP contribution in [0.15, 0.2) is 42.5 Å². The van der Waals surface area contributed by atoms with Crippen molar-refractivity contribution in [1.29, 1.82) is 0 Å². The lowest BCUT2D eigenvalue weighted by Crippen LogP contribution is -2.51. The van der Waals surface area contributed by atoms with Crippen molar-refractivity contribution >= 4 is 34.8 Å². The van der Waals surface area contributed by atoms with Crippen LogP contribution in [0.1, 0.15) is 18.1 Å². The van der Waals surface area contributed by atoms with Gasteiger partial charge in [0.2, 0.25) is 11.8 Å². The van der Waals surface area contributed by atoms with Gasteiger partial charge in [0.05, 0.1) is 0 Å². The van der Waals surface area contributed by atoms with Crippen molar-refractivity contribution in [3.05, 3.63) is 58.6 Å². The minimum absolute atomic E-state index is 0.0837. The van der Waals surface area contributed by atoms with Crippen molar-refractivity contribution in [2.24, 2.45) is 0 Å². The molecule has 4 rings (SSSR count). The first-order chi connectivity index (χ1) is 14.9. The second kappa shape index (κ2) is 9.28. The maximum atomic E-state index is 12.8. The number of anilines is 2. The van der Waals surface area contributed by atoms with Crippen molar-refractivity contribution < 1.29 is 9.59 Å². The highest BCUT2D eigenvalue weighted by atomic mass is 35.5. The smallest absolute Gasteiger partial charge is 0.243 e. The van der Waals surface area contributed by atoms with E-state index in [0.717, 1.165) is 49.0 Å². The molecule has 2 aromatic rings. The standard InChI is InChI=1S/C24H29ClN4O2/c1-17-7-8-20(25)16-22(17)28-13-11-27(12-14-28)10-9-26-24(31)23-15-19-5-3-4-6-21(19)29(23)18(2)30/h3-8,16,23H,9-15H2,1-2H3,(H,26,31)/t23-/m0/s1. The van der Waals surface area contributed by atoms with E-state index in [1.54, 1.807) is 4.90 Å². The Bertz CT molecular complexity index is 972. The summed E-state index contributed by atoms with van der Waals surface area (Å²) in [6, 6.07) is 13.3. The van der Waals surface area contributed by atoms with Gasteiger partial charge in [-0.05, 0) is 36.2 Å². The van der Waals surface area contributed by atoms with Gasteiger partial charge in [0.1, 0.15) is 6.04 Å². The number of benzene rings is 2. The van der Waals surface area contributed by atoms with Crippen LogP contribution in [0.5, 0.6) is 0 Å². The van der Waals surface area contributed by atoms with Gasteiger partial charge in [-0.3, -0.25) is 19.4 Å². The lowest BCUT2D eigenvalue weighted by molar-refractivity contribution is -0.125. The zero-order valence-electron chi connectivity index (χ0n) is 18.1. The first-order valence-electron chi connectivity index (χ1n) is 10.8. The average molecular weight is 441 g/mol. The number of carbonyl (C=O) groups excluding carboxylic acids is 2. The molecule has 0 aromatic heterocycles. The van der Waals surface area contributed by atoms with Crippen LogP contribution in [0.25, 0.3) is 0 Å². The Morgan fingerprint density at radius 2 is 1.81 bits per heavy atom. The summed E-state index contributed by atoms with van der Waals surface area (Å²) in [5.41, 5.74) is 4.33. The van der Waals surface area contributed by atoms with Crippen LogP contribution in [-0.4, -0.2) is 62.0 Å². The molecule has 0 unspecified atom stereocenters. The average Bonchev–Trinajstić information content (AvgIpc) is 3.16. The molecule has 2 heterocycles. The number of para-hydroxylation sites is 1. The fraction of sp³-hybridized carbons (Fsp3) is 0.417. The molecule has 0 radical (unpaired) electrons. The van der Waals surface area contributed by atoms with E-state index in [4.69, 9.17) is 11.6 Å². The van der Waals surface area contributed by atoms with Gasteiger partial charge in [-0.2, -0.15) is 0 Å². The van der Waals surface area contributed by atoms with Crippen molar-refractivity contribution in [3.8, 4) is 0 Å². The van der Waals surface area contributed by atoms with E-state index in [2.05, 4.69) is 28.1 Å². The highest BCUT2D eigenvalue weighted by molar-refractivity contribution is 6.30. The van der Waals surface area contributed by atoms with Crippen molar-refractivity contribution in [1.82, 2.24) is 10.2 Å². The van der Waals surface area contributed by atoms with Gasteiger partial charge in [-0.15, -0.1) is 0 Å². The summed E-state index contributed by atoms with van der Waals surface area (Å²) in [4.78, 5) is 31.4. The summed E-state index contributed by atoms with van der Waals surface area (Å²) >= 11 is 6.17. The monoisotopic (exact) mass is 440 g/mol. The molecule has 7 heteroatoms. The zero-order valence-corrected chi connectivity index (χ0v) is 18.9. The number of halogens is 1. The number of amides is 2. The summed E-state index contributed by atoms with van der Waals surface area (Å²) in [7, 11) is 0. The number of rotatable bonds is 5. The van der Waals surface area contributed by atoms with Crippen LogP contribution in [0.2, 0.25) is 5.02 Å². The van der Waals surface area contributed by atoms with Crippen LogP contribution in [0.3, 0.4) is 0 Å². The van der Waals surface area contributed by atoms with Crippen molar-refractivity contribution in [2.75, 3.05) is 49.1 Å². The molecular formula is C24H29ClN4O2. The maximum absolute atomic E-state index is 12.8. The molecule has 2 aliphatic heterocycles. The van der Waals surface area contributed by atoms with Gasteiger partial charge in [-0.1, -0.05) is 35.9 Å². The number of carbonyl (C=O) groups is 2. The molecule has 1 N–H and O–H groups in total. The molecule has 1 saturated heterocycles. The number of nitrogens with one attached hydrogen (secondary N) is 1. The molecule has 2 aliphatic rings. The van der Waals surface area contributed by atoms with E-state index in [1.165, 1.54) is 18.2 Å². The molecule has 1 fully saturated rings. The SMILES string of the molecule is CC(=O)N1c2ccccc2C[C@H]1C(=O)NCCN1CCN(c2cc(Cl)ccc2C)CC1. The second-order valence-corrected chi connectivity index (χ2v) is 8.72. The van der Waals surface area contributed by atoms with Crippen molar-refractivity contribution in [3.63, 3.8) is 0 Å². The number of hydrogen-bond acceptors (Lipinski definition) is 4. The van der Waals surface area contributed by atoms with Crippen LogP contribution in [0.4, 0.5) is 11.4 Å². The lowest BCUT2D eigenvalue weighted by atomic mass is 10.1. The van der Waals surface area contributed by atoms with Crippen molar-refractivity contribution in [2.45, 2.75) is 26.3 Å². The summed E-state index contributed by atoms with van der Waals surface area (Å²) in [5.74, 6) is -0.183. The van der Waals surface area contributed by atoms with Crippen LogP contribution in [-0.2, 0) is 16.0 Å². The molecule has 6 nitrogen and oxygen atoms in total. The van der Waals surface area contributed by atoms with E-state index in [-0.39, 0.29) is 11.8 Å². The molecule has 31 heavy (non-hydrogen) atoms. The quantitative estimate of drug-likeness (QED) is 0.776. The van der Waals surface area contributed by atoms with Gasteiger partial charge < -0.3 is 10.2 Å². The number of aryl methyl sites for hydroxylation is 1. The van der Waals surface area contributed by atoms with Gasteiger partial charge in [-0.25, -0.2) is 0 Å². The Morgan fingerprint density at radius 1 is 1.06 bits per heavy atom. The predicted octanol–water partition coefficient (Wildman–Crippen LogP) is 2.86. The number of piperazine rings is 1. The van der Waals surface area contributed by atoms with E-state index < -0.39 is 6.04 Å². The minimum Gasteiger partial charge on any atom is -0.369 e. The van der Waals surface area contributed by atoms with E-state index in [1.807, 2.05) is 36.4 Å². The molecule has 0 aliphatic carbocycles. The third kappa shape index (κ3) is 4.70. The predicted molar refractivity (Wildman–Crippen MR) is 125 cm³/mol. The number of nitrogens with zero attached hydrogens (tertiary/aromatic N) is 3. The Labute approximate surface area is 188 Å². The first kappa shape index (κ1) is 21.7. The molecular weight excluding hydrogens is 412 g/mol. The Kier molecular flexibility index (Phi) is 6.49. The Hall–Kier alpha value is -2.57. The topological polar surface area (TPSA) is 55.9 Å². The van der Waals surface area contributed by atoms with Crippen LogP contribution in [0, 0.1) is 6.92 Å². The molecule has 0 saturated carbocycles. The number of fused-ring (bicyclic) bond motifs is 1. The Balaban J connectivity index is 1.26. The summed E-state index contributed by atoms with van der Waals surface area (Å²) in [6.45, 7) is 8.76. The highest BCUT2D eigenvalue weighted by Crippen LogP contribution is 2.32. The van der Waals surface area contributed by atoms with E-state index in [0.29, 0.717) is 13.0 Å². The molecule has 164 valence electrons. The van der Waals surface area contributed by atoms with Crippen LogP contribution >= 0.6 is 11.6 Å². The third-order valence-corrected chi connectivity index (χ3v) is 6.46. The minimum atomic E-state index is -0.461. The number of hydrogen-bond donors (Lipinski definition) is 1. The summed E-state index contributed by atoms with van der Waals surface area (Å²) in [6.07, 6.45) is 0.569. The third-order valence-electron chi connectivity index (χ3n) is 6.23. The van der Waals surface area contributed by atoms with E-state index in [9.17, 15) is 9.59 Å². The Morgan fingerprint density at radius 3 is 2.55 bits per heavy atom.